The number of hydrogen-bond acceptors (Lipinski definition) is 6. The van der Waals surface area contributed by atoms with E-state index in [1.807, 2.05) is 28.5 Å². The average molecular weight is 436 g/mol. The number of carbonyl (C=O) groups is 2. The first-order valence-electron chi connectivity index (χ1n) is 10.8. The molecule has 4 heterocycles. The molecular formula is C23H25N5O2S. The van der Waals surface area contributed by atoms with Crippen molar-refractivity contribution in [3.8, 4) is 0 Å². The fourth-order valence-corrected chi connectivity index (χ4v) is 5.33. The third-order valence-electron chi connectivity index (χ3n) is 6.27. The van der Waals surface area contributed by atoms with E-state index in [9.17, 15) is 9.59 Å². The molecule has 0 aliphatic carbocycles. The lowest BCUT2D eigenvalue weighted by atomic mass is 10.1. The number of rotatable bonds is 4. The van der Waals surface area contributed by atoms with Crippen molar-refractivity contribution in [2.45, 2.75) is 19.8 Å². The number of fused-ring (bicyclic) bond motifs is 1. The van der Waals surface area contributed by atoms with Gasteiger partial charge in [-0.25, -0.2) is 9.97 Å². The quantitative estimate of drug-likeness (QED) is 0.630. The summed E-state index contributed by atoms with van der Waals surface area (Å²) in [7, 11) is 0. The molecule has 2 aliphatic rings. The minimum atomic E-state index is -0.272. The second kappa shape index (κ2) is 8.26. The fraction of sp³-hybridized carbons (Fsp3) is 0.391. The van der Waals surface area contributed by atoms with E-state index in [-0.39, 0.29) is 17.7 Å². The molecule has 2 amide bonds. The second-order valence-corrected chi connectivity index (χ2v) is 8.93. The molecule has 1 aromatic carbocycles. The molecule has 5 rings (SSSR count). The van der Waals surface area contributed by atoms with Gasteiger partial charge in [0.2, 0.25) is 11.8 Å². The van der Waals surface area contributed by atoms with Crippen molar-refractivity contribution in [2.75, 3.05) is 42.5 Å². The Balaban J connectivity index is 1.25. The van der Waals surface area contributed by atoms with Crippen LogP contribution in [0.2, 0.25) is 0 Å². The van der Waals surface area contributed by atoms with Crippen molar-refractivity contribution in [1.82, 2.24) is 14.9 Å². The van der Waals surface area contributed by atoms with Gasteiger partial charge in [0, 0.05) is 44.8 Å². The van der Waals surface area contributed by atoms with Crippen molar-refractivity contribution in [2.24, 2.45) is 5.92 Å². The van der Waals surface area contributed by atoms with E-state index in [2.05, 4.69) is 33.9 Å². The maximum atomic E-state index is 13.2. The van der Waals surface area contributed by atoms with Crippen LogP contribution in [-0.4, -0.2) is 59.4 Å². The van der Waals surface area contributed by atoms with E-state index < -0.39 is 0 Å². The van der Waals surface area contributed by atoms with Crippen molar-refractivity contribution in [1.29, 1.82) is 0 Å². The molecule has 2 fully saturated rings. The van der Waals surface area contributed by atoms with Gasteiger partial charge in [0.25, 0.3) is 0 Å². The number of amides is 2. The molecule has 7 nitrogen and oxygen atoms in total. The van der Waals surface area contributed by atoms with Crippen LogP contribution >= 0.6 is 11.3 Å². The molecule has 0 bridgehead atoms. The number of carbonyl (C=O) groups excluding carboxylic acids is 2. The van der Waals surface area contributed by atoms with Gasteiger partial charge < -0.3 is 14.7 Å². The number of thiophene rings is 1. The maximum absolute atomic E-state index is 13.2. The highest BCUT2D eigenvalue weighted by atomic mass is 32.1. The van der Waals surface area contributed by atoms with E-state index >= 15 is 0 Å². The standard InChI is InChI=1S/C23H25N5O2S/c1-2-16-5-3-4-6-19(16)28-14-17(13-20(28)29)23(30)27-10-8-26(9-11-27)21-18-7-12-31-22(18)25-15-24-21/h3-7,12,15,17H,2,8-11,13-14H2,1H3. The molecule has 2 aromatic heterocycles. The van der Waals surface area contributed by atoms with Crippen LogP contribution in [0.25, 0.3) is 10.2 Å². The Morgan fingerprint density at radius 3 is 2.74 bits per heavy atom. The van der Waals surface area contributed by atoms with Gasteiger partial charge in [-0.05, 0) is 29.5 Å². The number of piperazine rings is 1. The molecule has 0 N–H and O–H groups in total. The topological polar surface area (TPSA) is 69.6 Å². The highest BCUT2D eigenvalue weighted by molar-refractivity contribution is 7.16. The van der Waals surface area contributed by atoms with E-state index in [0.29, 0.717) is 26.1 Å². The molecule has 1 unspecified atom stereocenters. The highest BCUT2D eigenvalue weighted by Gasteiger charge is 2.38. The third-order valence-corrected chi connectivity index (χ3v) is 7.09. The van der Waals surface area contributed by atoms with Gasteiger partial charge >= 0.3 is 0 Å². The summed E-state index contributed by atoms with van der Waals surface area (Å²) < 4.78 is 0. The lowest BCUT2D eigenvalue weighted by molar-refractivity contribution is -0.136. The lowest BCUT2D eigenvalue weighted by Gasteiger charge is -2.36. The van der Waals surface area contributed by atoms with Gasteiger partial charge in [-0.15, -0.1) is 11.3 Å². The monoisotopic (exact) mass is 435 g/mol. The van der Waals surface area contributed by atoms with Crippen LogP contribution in [-0.2, 0) is 16.0 Å². The minimum Gasteiger partial charge on any atom is -0.352 e. The molecule has 0 spiro atoms. The number of nitrogens with zero attached hydrogens (tertiary/aromatic N) is 5. The van der Waals surface area contributed by atoms with E-state index in [1.54, 1.807) is 22.6 Å². The summed E-state index contributed by atoms with van der Waals surface area (Å²) >= 11 is 1.61. The summed E-state index contributed by atoms with van der Waals surface area (Å²) in [6.07, 6.45) is 2.76. The Labute approximate surface area is 185 Å². The first-order chi connectivity index (χ1) is 15.2. The zero-order valence-corrected chi connectivity index (χ0v) is 18.3. The van der Waals surface area contributed by atoms with E-state index in [0.717, 1.165) is 46.8 Å². The van der Waals surface area contributed by atoms with Crippen LogP contribution in [0.5, 0.6) is 0 Å². The molecule has 2 saturated heterocycles. The maximum Gasteiger partial charge on any atom is 0.228 e. The number of benzene rings is 1. The van der Waals surface area contributed by atoms with Crippen LogP contribution in [0.4, 0.5) is 11.5 Å². The van der Waals surface area contributed by atoms with Gasteiger partial charge in [0.15, 0.2) is 0 Å². The van der Waals surface area contributed by atoms with Gasteiger partial charge in [-0.3, -0.25) is 9.59 Å². The zero-order chi connectivity index (χ0) is 21.4. The van der Waals surface area contributed by atoms with Gasteiger partial charge in [0.1, 0.15) is 17.0 Å². The van der Waals surface area contributed by atoms with Gasteiger partial charge in [-0.1, -0.05) is 25.1 Å². The van der Waals surface area contributed by atoms with Crippen LogP contribution in [0.1, 0.15) is 18.9 Å². The Morgan fingerprint density at radius 2 is 1.94 bits per heavy atom. The normalized spacial score (nSPS) is 19.5. The number of aromatic nitrogens is 2. The third kappa shape index (κ3) is 3.65. The lowest BCUT2D eigenvalue weighted by Crippen LogP contribution is -2.51. The van der Waals surface area contributed by atoms with Crippen LogP contribution in [0.3, 0.4) is 0 Å². The van der Waals surface area contributed by atoms with Crippen molar-refractivity contribution in [3.05, 3.63) is 47.6 Å². The Bertz CT molecular complexity index is 1120. The molecule has 160 valence electrons. The summed E-state index contributed by atoms with van der Waals surface area (Å²) in [4.78, 5) is 41.6. The SMILES string of the molecule is CCc1ccccc1N1CC(C(=O)N2CCN(c3ncnc4sccc34)CC2)CC1=O. The summed E-state index contributed by atoms with van der Waals surface area (Å²) in [6, 6.07) is 10.0. The Kier molecular flexibility index (Phi) is 5.31. The molecule has 8 heteroatoms. The number of aryl methyl sites for hydroxylation is 1. The molecule has 3 aromatic rings. The molecule has 2 aliphatic heterocycles. The highest BCUT2D eigenvalue weighted by Crippen LogP contribution is 2.31. The fourth-order valence-electron chi connectivity index (χ4n) is 4.60. The largest absolute Gasteiger partial charge is 0.352 e. The van der Waals surface area contributed by atoms with Gasteiger partial charge in [0.05, 0.1) is 11.3 Å². The number of hydrogen-bond donors (Lipinski definition) is 0. The zero-order valence-electron chi connectivity index (χ0n) is 17.5. The van der Waals surface area contributed by atoms with Crippen molar-refractivity contribution >= 4 is 44.9 Å². The molecule has 1 atom stereocenters. The summed E-state index contributed by atoms with van der Waals surface area (Å²) in [6.45, 7) is 5.31. The van der Waals surface area contributed by atoms with E-state index in [1.165, 1.54) is 0 Å². The molecule has 31 heavy (non-hydrogen) atoms. The smallest absolute Gasteiger partial charge is 0.228 e. The predicted octanol–water partition coefficient (Wildman–Crippen LogP) is 2.96. The average Bonchev–Trinajstić information content (AvgIpc) is 3.45. The summed E-state index contributed by atoms with van der Waals surface area (Å²) in [5, 5.41) is 3.10. The predicted molar refractivity (Wildman–Crippen MR) is 122 cm³/mol. The van der Waals surface area contributed by atoms with Crippen molar-refractivity contribution in [3.63, 3.8) is 0 Å². The van der Waals surface area contributed by atoms with Crippen LogP contribution in [0.15, 0.2) is 42.0 Å². The van der Waals surface area contributed by atoms with Gasteiger partial charge in [-0.2, -0.15) is 0 Å². The Morgan fingerprint density at radius 1 is 1.13 bits per heavy atom. The van der Waals surface area contributed by atoms with Crippen LogP contribution in [0, 0.1) is 5.92 Å². The Hall–Kier alpha value is -3.00. The second-order valence-electron chi connectivity index (χ2n) is 8.04. The first-order valence-corrected chi connectivity index (χ1v) is 11.6. The summed E-state index contributed by atoms with van der Waals surface area (Å²) in [5.41, 5.74) is 2.08. The summed E-state index contributed by atoms with van der Waals surface area (Å²) in [5.74, 6) is 0.801. The minimum absolute atomic E-state index is 0.0405. The first kappa shape index (κ1) is 19.9. The molecular weight excluding hydrogens is 410 g/mol. The molecule has 0 radical (unpaired) electrons. The van der Waals surface area contributed by atoms with E-state index in [4.69, 9.17) is 0 Å². The van der Waals surface area contributed by atoms with Crippen LogP contribution < -0.4 is 9.80 Å². The molecule has 0 saturated carbocycles. The number of para-hydroxylation sites is 1. The van der Waals surface area contributed by atoms with Crippen molar-refractivity contribution < 1.29 is 9.59 Å². The number of anilines is 2.